The number of pyridine rings is 2. The first-order valence-corrected chi connectivity index (χ1v) is 8.47. The summed E-state index contributed by atoms with van der Waals surface area (Å²) < 4.78 is 34.2. The maximum Gasteiger partial charge on any atom is 0.318 e. The minimum atomic E-state index is -0.712. The van der Waals surface area contributed by atoms with Crippen LogP contribution in [0.4, 0.5) is 20.5 Å². The molecule has 0 spiro atoms. The summed E-state index contributed by atoms with van der Waals surface area (Å²) in [6, 6.07) is 1.63. The average molecular weight is 372 g/mol. The highest BCUT2D eigenvalue weighted by molar-refractivity contribution is 5.91. The maximum atomic E-state index is 15.4. The Balaban J connectivity index is 2.01. The molecule has 3 heterocycles. The van der Waals surface area contributed by atoms with Crippen LogP contribution >= 0.6 is 0 Å². The molecule has 1 fully saturated rings. The highest BCUT2D eigenvalue weighted by atomic mass is 19.2. The SMILES string of the molecule is COc1nc(N(C)F)c2cnc(-c3nc(N)cc(C)c3C3CC3)c(F)c2n1. The Morgan fingerprint density at radius 2 is 1.96 bits per heavy atom. The van der Waals surface area contributed by atoms with Gasteiger partial charge >= 0.3 is 6.01 Å². The summed E-state index contributed by atoms with van der Waals surface area (Å²) in [7, 11) is 2.48. The number of anilines is 2. The number of hydrogen-bond acceptors (Lipinski definition) is 7. The molecule has 1 aliphatic carbocycles. The van der Waals surface area contributed by atoms with Gasteiger partial charge in [0.1, 0.15) is 17.0 Å². The van der Waals surface area contributed by atoms with E-state index in [1.807, 2.05) is 6.92 Å². The second-order valence-corrected chi connectivity index (χ2v) is 6.59. The zero-order chi connectivity index (χ0) is 19.3. The number of nitrogens with two attached hydrogens (primary N) is 1. The zero-order valence-corrected chi connectivity index (χ0v) is 15.1. The van der Waals surface area contributed by atoms with Gasteiger partial charge in [-0.3, -0.25) is 4.98 Å². The molecule has 2 N–H and O–H groups in total. The van der Waals surface area contributed by atoms with Gasteiger partial charge in [-0.2, -0.15) is 15.1 Å². The van der Waals surface area contributed by atoms with Gasteiger partial charge in [0, 0.05) is 13.2 Å². The van der Waals surface area contributed by atoms with Crippen LogP contribution in [0.1, 0.15) is 29.9 Å². The molecule has 0 atom stereocenters. The number of aryl methyl sites for hydroxylation is 1. The molecule has 3 aromatic heterocycles. The van der Waals surface area contributed by atoms with Crippen molar-refractivity contribution in [3.8, 4) is 17.4 Å². The first-order valence-electron chi connectivity index (χ1n) is 8.47. The number of methoxy groups -OCH3 is 1. The lowest BCUT2D eigenvalue weighted by Crippen LogP contribution is -2.09. The Hall–Kier alpha value is -3.10. The van der Waals surface area contributed by atoms with Gasteiger partial charge in [0.25, 0.3) is 0 Å². The van der Waals surface area contributed by atoms with Crippen molar-refractivity contribution in [2.75, 3.05) is 25.0 Å². The standard InChI is InChI=1S/C18H18F2N6O/c1-8-6-11(21)23-15(12(8)9-4-5-9)16-13(19)14-10(7-22-16)17(26(2)20)25-18(24-14)27-3/h6-7,9H,4-5H2,1-3H3,(H2,21,23). The van der Waals surface area contributed by atoms with Crippen molar-refractivity contribution >= 4 is 22.5 Å². The first kappa shape index (κ1) is 17.3. The van der Waals surface area contributed by atoms with Crippen molar-refractivity contribution in [1.82, 2.24) is 19.9 Å². The van der Waals surface area contributed by atoms with E-state index in [1.54, 1.807) is 6.07 Å². The quantitative estimate of drug-likeness (QED) is 0.703. The van der Waals surface area contributed by atoms with Crippen molar-refractivity contribution in [3.05, 3.63) is 29.2 Å². The lowest BCUT2D eigenvalue weighted by atomic mass is 9.99. The molecule has 0 aromatic carbocycles. The maximum absolute atomic E-state index is 15.4. The van der Waals surface area contributed by atoms with Gasteiger partial charge in [-0.15, -0.1) is 0 Å². The average Bonchev–Trinajstić information content (AvgIpc) is 3.45. The molecule has 0 radical (unpaired) electrons. The number of halogens is 2. The van der Waals surface area contributed by atoms with E-state index in [0.29, 0.717) is 11.6 Å². The lowest BCUT2D eigenvalue weighted by molar-refractivity contribution is 0.378. The smallest absolute Gasteiger partial charge is 0.318 e. The molecule has 0 saturated heterocycles. The van der Waals surface area contributed by atoms with Gasteiger partial charge in [0.05, 0.1) is 18.2 Å². The van der Waals surface area contributed by atoms with E-state index in [4.69, 9.17) is 10.5 Å². The molecule has 27 heavy (non-hydrogen) atoms. The van der Waals surface area contributed by atoms with Crippen molar-refractivity contribution in [2.24, 2.45) is 0 Å². The van der Waals surface area contributed by atoms with Crippen LogP contribution in [0.5, 0.6) is 6.01 Å². The van der Waals surface area contributed by atoms with Crippen LogP contribution in [-0.4, -0.2) is 34.1 Å². The predicted octanol–water partition coefficient (Wildman–Crippen LogP) is 3.32. The third-order valence-corrected chi connectivity index (χ3v) is 4.61. The molecule has 1 saturated carbocycles. The van der Waals surface area contributed by atoms with Crippen molar-refractivity contribution < 1.29 is 13.6 Å². The van der Waals surface area contributed by atoms with Gasteiger partial charge < -0.3 is 10.5 Å². The second-order valence-electron chi connectivity index (χ2n) is 6.59. The number of nitrogen functional groups attached to an aromatic ring is 1. The van der Waals surface area contributed by atoms with E-state index in [-0.39, 0.29) is 39.4 Å². The van der Waals surface area contributed by atoms with Gasteiger partial charge in [0.15, 0.2) is 11.6 Å². The normalized spacial score (nSPS) is 13.8. The number of nitrogens with zero attached hydrogens (tertiary/aromatic N) is 5. The van der Waals surface area contributed by atoms with Crippen LogP contribution in [0.15, 0.2) is 12.3 Å². The number of rotatable bonds is 4. The summed E-state index contributed by atoms with van der Waals surface area (Å²) in [5, 5.41) is 0.405. The summed E-state index contributed by atoms with van der Waals surface area (Å²) in [6.45, 7) is 1.93. The molecule has 0 bridgehead atoms. The Bertz CT molecular complexity index is 1050. The molecular weight excluding hydrogens is 354 g/mol. The minimum absolute atomic E-state index is 0.0352. The van der Waals surface area contributed by atoms with Gasteiger partial charge in [-0.05, 0) is 42.9 Å². The number of ether oxygens (including phenoxy) is 1. The molecule has 0 unspecified atom stereocenters. The van der Waals surface area contributed by atoms with Gasteiger partial charge in [-0.1, -0.05) is 4.48 Å². The summed E-state index contributed by atoms with van der Waals surface area (Å²) in [5.74, 6) is -0.236. The van der Waals surface area contributed by atoms with Crippen LogP contribution in [-0.2, 0) is 0 Å². The molecule has 9 heteroatoms. The molecular formula is C18H18F2N6O. The minimum Gasteiger partial charge on any atom is -0.467 e. The summed E-state index contributed by atoms with van der Waals surface area (Å²) >= 11 is 0. The largest absolute Gasteiger partial charge is 0.467 e. The van der Waals surface area contributed by atoms with Crippen LogP contribution in [0.3, 0.4) is 0 Å². The van der Waals surface area contributed by atoms with E-state index in [0.717, 1.165) is 31.0 Å². The molecule has 7 nitrogen and oxygen atoms in total. The molecule has 0 aliphatic heterocycles. The summed E-state index contributed by atoms with van der Waals surface area (Å²) in [5.41, 5.74) is 8.14. The Morgan fingerprint density at radius 3 is 2.59 bits per heavy atom. The van der Waals surface area contributed by atoms with E-state index in [2.05, 4.69) is 19.9 Å². The topological polar surface area (TPSA) is 90.0 Å². The molecule has 4 rings (SSSR count). The second kappa shape index (κ2) is 6.26. The van der Waals surface area contributed by atoms with Crippen molar-refractivity contribution in [2.45, 2.75) is 25.7 Å². The fourth-order valence-electron chi connectivity index (χ4n) is 3.29. The highest BCUT2D eigenvalue weighted by Crippen LogP contribution is 2.46. The van der Waals surface area contributed by atoms with Gasteiger partial charge in [0.2, 0.25) is 0 Å². The highest BCUT2D eigenvalue weighted by Gasteiger charge is 2.31. The number of fused-ring (bicyclic) bond motifs is 1. The Morgan fingerprint density at radius 1 is 1.22 bits per heavy atom. The van der Waals surface area contributed by atoms with Crippen molar-refractivity contribution in [3.63, 3.8) is 0 Å². The number of hydrogen-bond donors (Lipinski definition) is 1. The van der Waals surface area contributed by atoms with Crippen LogP contribution < -0.4 is 15.6 Å². The number of aromatic nitrogens is 4. The van der Waals surface area contributed by atoms with E-state index in [9.17, 15) is 4.48 Å². The molecule has 1 aliphatic rings. The first-order chi connectivity index (χ1) is 12.9. The fourth-order valence-corrected chi connectivity index (χ4v) is 3.29. The van der Waals surface area contributed by atoms with Crippen LogP contribution in [0, 0.1) is 12.7 Å². The van der Waals surface area contributed by atoms with Crippen LogP contribution in [0.2, 0.25) is 0 Å². The molecule has 0 amide bonds. The Kier molecular flexibility index (Phi) is 4.01. The van der Waals surface area contributed by atoms with E-state index in [1.165, 1.54) is 13.3 Å². The van der Waals surface area contributed by atoms with Crippen molar-refractivity contribution in [1.29, 1.82) is 0 Å². The molecule has 3 aromatic rings. The monoisotopic (exact) mass is 372 g/mol. The van der Waals surface area contributed by atoms with E-state index >= 15 is 4.39 Å². The van der Waals surface area contributed by atoms with Crippen LogP contribution in [0.25, 0.3) is 22.3 Å². The summed E-state index contributed by atoms with van der Waals surface area (Å²) in [6.07, 6.45) is 3.37. The van der Waals surface area contributed by atoms with E-state index < -0.39 is 5.82 Å². The summed E-state index contributed by atoms with van der Waals surface area (Å²) in [4.78, 5) is 16.5. The molecule has 140 valence electrons. The predicted molar refractivity (Wildman–Crippen MR) is 97.7 cm³/mol. The third-order valence-electron chi connectivity index (χ3n) is 4.61. The third kappa shape index (κ3) is 2.88. The zero-order valence-electron chi connectivity index (χ0n) is 15.1. The fraction of sp³-hybridized carbons (Fsp3) is 0.333. The Labute approximate surface area is 154 Å². The van der Waals surface area contributed by atoms with Gasteiger partial charge in [-0.25, -0.2) is 9.37 Å². The lowest BCUT2D eigenvalue weighted by Gasteiger charge is -2.15.